The normalized spacial score (nSPS) is 11.9. The van der Waals surface area contributed by atoms with Gasteiger partial charge in [0.15, 0.2) is 6.61 Å². The van der Waals surface area contributed by atoms with E-state index in [-0.39, 0.29) is 34.3 Å². The van der Waals surface area contributed by atoms with Gasteiger partial charge in [0.2, 0.25) is 15.9 Å². The quantitative estimate of drug-likeness (QED) is 0.578. The van der Waals surface area contributed by atoms with Gasteiger partial charge in [0.05, 0.1) is 19.3 Å². The van der Waals surface area contributed by atoms with Crippen molar-refractivity contribution < 1.29 is 35.9 Å². The number of anilines is 2. The van der Waals surface area contributed by atoms with Gasteiger partial charge in [0.25, 0.3) is 0 Å². The van der Waals surface area contributed by atoms with Gasteiger partial charge in [-0.1, -0.05) is 6.07 Å². The Balaban J connectivity index is 2.13. The van der Waals surface area contributed by atoms with Crippen LogP contribution in [0.15, 0.2) is 41.3 Å². The molecule has 2 aromatic rings. The number of nitrogens with one attached hydrogen (secondary N) is 2. The van der Waals surface area contributed by atoms with Crippen molar-refractivity contribution in [3.05, 3.63) is 42.0 Å². The van der Waals surface area contributed by atoms with Gasteiger partial charge in [-0.05, 0) is 42.8 Å². The maximum Gasteiger partial charge on any atom is 0.422 e. The molecular formula is C20H24F3N3O5S. The number of ether oxygens (including phenoxy) is 2. The highest BCUT2D eigenvalue weighted by Gasteiger charge is 2.29. The standard InChI is InChI=1S/C20H24F3N3O5S/c1-13-5-7-15(17(9-13)31-12-20(21,22)23)24-11-19(27)25-14-6-8-16(30-4)18(10-14)32(28,29)26(2)3/h5-10,24H,11-12H2,1-4H3,(H,25,27). The summed E-state index contributed by atoms with van der Waals surface area (Å²) in [5.41, 5.74) is 1.10. The molecule has 2 N–H and O–H groups in total. The molecule has 0 radical (unpaired) electrons. The number of carbonyl (C=O) groups excluding carboxylic acids is 1. The molecule has 0 unspecified atom stereocenters. The van der Waals surface area contributed by atoms with Crippen LogP contribution in [0.5, 0.6) is 11.5 Å². The molecule has 0 aromatic heterocycles. The van der Waals surface area contributed by atoms with Gasteiger partial charge in [-0.15, -0.1) is 0 Å². The minimum Gasteiger partial charge on any atom is -0.495 e. The van der Waals surface area contributed by atoms with Crippen molar-refractivity contribution in [1.82, 2.24) is 4.31 Å². The van der Waals surface area contributed by atoms with Gasteiger partial charge in [0, 0.05) is 19.8 Å². The molecule has 32 heavy (non-hydrogen) atoms. The summed E-state index contributed by atoms with van der Waals surface area (Å²) in [6, 6.07) is 8.72. The van der Waals surface area contributed by atoms with Crippen molar-refractivity contribution in [2.45, 2.75) is 18.0 Å². The molecule has 8 nitrogen and oxygen atoms in total. The monoisotopic (exact) mass is 475 g/mol. The Morgan fingerprint density at radius 3 is 2.38 bits per heavy atom. The maximum atomic E-state index is 12.5. The van der Waals surface area contributed by atoms with Crippen molar-refractivity contribution in [1.29, 1.82) is 0 Å². The summed E-state index contributed by atoms with van der Waals surface area (Å²) in [6.45, 7) is -0.0699. The zero-order chi connectivity index (χ0) is 24.1. The summed E-state index contributed by atoms with van der Waals surface area (Å²) in [5, 5.41) is 5.27. The van der Waals surface area contributed by atoms with Crippen LogP contribution in [0.4, 0.5) is 24.5 Å². The summed E-state index contributed by atoms with van der Waals surface area (Å²) in [5.74, 6) is -0.481. The first-order valence-electron chi connectivity index (χ1n) is 9.28. The van der Waals surface area contributed by atoms with E-state index in [9.17, 15) is 26.4 Å². The van der Waals surface area contributed by atoms with Gasteiger partial charge in [0.1, 0.15) is 16.4 Å². The second-order valence-electron chi connectivity index (χ2n) is 6.96. The first-order chi connectivity index (χ1) is 14.8. The number of carbonyl (C=O) groups is 1. The van der Waals surface area contributed by atoms with E-state index in [4.69, 9.17) is 9.47 Å². The summed E-state index contributed by atoms with van der Waals surface area (Å²) in [7, 11) is 0.227. The van der Waals surface area contributed by atoms with E-state index in [1.807, 2.05) is 0 Å². The second kappa shape index (κ2) is 10.1. The largest absolute Gasteiger partial charge is 0.495 e. The number of methoxy groups -OCH3 is 1. The minimum atomic E-state index is -4.50. The first kappa shape index (κ1) is 25.3. The zero-order valence-electron chi connectivity index (χ0n) is 17.9. The molecule has 0 aliphatic rings. The minimum absolute atomic E-state index is 0.0427. The fraction of sp³-hybridized carbons (Fsp3) is 0.350. The summed E-state index contributed by atoms with van der Waals surface area (Å²) < 4.78 is 73.4. The Morgan fingerprint density at radius 1 is 1.09 bits per heavy atom. The summed E-state index contributed by atoms with van der Waals surface area (Å²) in [4.78, 5) is 12.2. The number of rotatable bonds is 9. The number of hydrogen-bond donors (Lipinski definition) is 2. The SMILES string of the molecule is COc1ccc(NC(=O)CNc2ccc(C)cc2OCC(F)(F)F)cc1S(=O)(=O)N(C)C. The van der Waals surface area contributed by atoms with Crippen LogP contribution >= 0.6 is 0 Å². The van der Waals surface area contributed by atoms with E-state index in [2.05, 4.69) is 10.6 Å². The Bertz CT molecular complexity index is 1070. The topological polar surface area (TPSA) is 97.0 Å². The second-order valence-corrected chi connectivity index (χ2v) is 9.08. The number of aryl methyl sites for hydroxylation is 1. The molecule has 1 amide bonds. The molecule has 0 aliphatic carbocycles. The van der Waals surface area contributed by atoms with Crippen LogP contribution < -0.4 is 20.1 Å². The molecule has 0 aliphatic heterocycles. The number of halogens is 3. The molecule has 12 heteroatoms. The third kappa shape index (κ3) is 6.76. The Morgan fingerprint density at radius 2 is 1.78 bits per heavy atom. The van der Waals surface area contributed by atoms with E-state index in [1.54, 1.807) is 13.0 Å². The van der Waals surface area contributed by atoms with Gasteiger partial charge in [-0.2, -0.15) is 13.2 Å². The summed E-state index contributed by atoms with van der Waals surface area (Å²) >= 11 is 0. The molecule has 0 saturated heterocycles. The van der Waals surface area contributed by atoms with Gasteiger partial charge in [-0.3, -0.25) is 4.79 Å². The molecule has 0 heterocycles. The van der Waals surface area contributed by atoms with Crippen molar-refractivity contribution >= 4 is 27.3 Å². The molecule has 0 atom stereocenters. The van der Waals surface area contributed by atoms with E-state index in [1.165, 1.54) is 51.5 Å². The van der Waals surface area contributed by atoms with E-state index < -0.39 is 28.7 Å². The van der Waals surface area contributed by atoms with Crippen molar-refractivity contribution in [2.24, 2.45) is 0 Å². The molecule has 0 fully saturated rings. The molecule has 0 bridgehead atoms. The van der Waals surface area contributed by atoms with E-state index >= 15 is 0 Å². The van der Waals surface area contributed by atoms with E-state index in [0.29, 0.717) is 5.56 Å². The predicted octanol–water partition coefficient (Wildman–Crippen LogP) is 3.25. The van der Waals surface area contributed by atoms with Gasteiger partial charge >= 0.3 is 6.18 Å². The van der Waals surface area contributed by atoms with E-state index in [0.717, 1.165) is 4.31 Å². The molecule has 2 aromatic carbocycles. The maximum absolute atomic E-state index is 12.5. The molecule has 0 saturated carbocycles. The Labute approximate surface area is 184 Å². The number of benzene rings is 2. The highest BCUT2D eigenvalue weighted by molar-refractivity contribution is 7.89. The zero-order valence-corrected chi connectivity index (χ0v) is 18.7. The predicted molar refractivity (Wildman–Crippen MR) is 114 cm³/mol. The molecular weight excluding hydrogens is 451 g/mol. The number of hydrogen-bond acceptors (Lipinski definition) is 6. The van der Waals surface area contributed by atoms with Crippen LogP contribution in [0.25, 0.3) is 0 Å². The lowest BCUT2D eigenvalue weighted by atomic mass is 10.2. The lowest BCUT2D eigenvalue weighted by molar-refractivity contribution is -0.153. The van der Waals surface area contributed by atoms with Gasteiger partial charge in [-0.25, -0.2) is 12.7 Å². The lowest BCUT2D eigenvalue weighted by Crippen LogP contribution is -2.24. The van der Waals surface area contributed by atoms with Crippen LogP contribution in [0.1, 0.15) is 5.56 Å². The fourth-order valence-corrected chi connectivity index (χ4v) is 3.66. The van der Waals surface area contributed by atoms with Crippen LogP contribution in [0.3, 0.4) is 0 Å². The number of nitrogens with zero attached hydrogens (tertiary/aromatic N) is 1. The number of sulfonamides is 1. The van der Waals surface area contributed by atoms with Crippen molar-refractivity contribution in [3.8, 4) is 11.5 Å². The smallest absolute Gasteiger partial charge is 0.422 e. The van der Waals surface area contributed by atoms with Crippen LogP contribution in [-0.4, -0.2) is 59.2 Å². The lowest BCUT2D eigenvalue weighted by Gasteiger charge is -2.17. The molecule has 0 spiro atoms. The van der Waals surface area contributed by atoms with Crippen molar-refractivity contribution in [3.63, 3.8) is 0 Å². The fourth-order valence-electron chi connectivity index (χ4n) is 2.59. The van der Waals surface area contributed by atoms with Crippen LogP contribution in [0.2, 0.25) is 0 Å². The number of amides is 1. The third-order valence-corrected chi connectivity index (χ3v) is 6.01. The third-order valence-electron chi connectivity index (χ3n) is 4.17. The Kier molecular flexibility index (Phi) is 7.97. The summed E-state index contributed by atoms with van der Waals surface area (Å²) in [6.07, 6.45) is -4.50. The van der Waals surface area contributed by atoms with Crippen LogP contribution in [0, 0.1) is 6.92 Å². The van der Waals surface area contributed by atoms with Gasteiger partial charge < -0.3 is 20.1 Å². The molecule has 176 valence electrons. The number of alkyl halides is 3. The first-order valence-corrected chi connectivity index (χ1v) is 10.7. The van der Waals surface area contributed by atoms with Crippen LogP contribution in [-0.2, 0) is 14.8 Å². The Hall–Kier alpha value is -2.99. The average molecular weight is 475 g/mol. The molecule has 2 rings (SSSR count). The highest BCUT2D eigenvalue weighted by Crippen LogP contribution is 2.30. The average Bonchev–Trinajstić information content (AvgIpc) is 2.70. The van der Waals surface area contributed by atoms with Crippen molar-refractivity contribution in [2.75, 3.05) is 45.0 Å². The highest BCUT2D eigenvalue weighted by atomic mass is 32.2.